The number of carbonyl (C=O) groups is 1. The van der Waals surface area contributed by atoms with Crippen molar-refractivity contribution in [3.8, 4) is 5.75 Å². The fourth-order valence-corrected chi connectivity index (χ4v) is 1.25. The molecular weight excluding hydrogens is 204 g/mol. The van der Waals surface area contributed by atoms with Crippen molar-refractivity contribution >= 4 is 11.6 Å². The molecule has 0 amide bonds. The van der Waals surface area contributed by atoms with Gasteiger partial charge in [0.05, 0.1) is 5.41 Å². The zero-order chi connectivity index (χ0) is 11.8. The third-order valence-electron chi connectivity index (χ3n) is 2.20. The highest BCUT2D eigenvalue weighted by Crippen LogP contribution is 2.22. The van der Waals surface area contributed by atoms with Crippen LogP contribution in [0.2, 0.25) is 0 Å². The van der Waals surface area contributed by atoms with Gasteiger partial charge in [0, 0.05) is 18.6 Å². The zero-order valence-electron chi connectivity index (χ0n) is 9.60. The summed E-state index contributed by atoms with van der Waals surface area (Å²) in [6.45, 7) is 5.46. The molecule has 2 aromatic rings. The van der Waals surface area contributed by atoms with E-state index < -0.39 is 5.41 Å². The number of rotatable bonds is 1. The molecule has 0 fully saturated rings. The van der Waals surface area contributed by atoms with Gasteiger partial charge in [-0.05, 0) is 32.9 Å². The van der Waals surface area contributed by atoms with Gasteiger partial charge in [0.15, 0.2) is 11.4 Å². The van der Waals surface area contributed by atoms with Gasteiger partial charge in [0.1, 0.15) is 0 Å². The molecule has 4 heteroatoms. The van der Waals surface area contributed by atoms with Crippen molar-refractivity contribution in [2.45, 2.75) is 20.8 Å². The fourth-order valence-electron chi connectivity index (χ4n) is 1.25. The second kappa shape index (κ2) is 3.63. The van der Waals surface area contributed by atoms with E-state index in [4.69, 9.17) is 4.74 Å². The summed E-state index contributed by atoms with van der Waals surface area (Å²) in [7, 11) is 0. The van der Waals surface area contributed by atoms with E-state index in [1.165, 1.54) is 0 Å². The van der Waals surface area contributed by atoms with Crippen LogP contribution < -0.4 is 4.74 Å². The minimum Gasteiger partial charge on any atom is -0.422 e. The predicted molar refractivity (Wildman–Crippen MR) is 60.3 cm³/mol. The van der Waals surface area contributed by atoms with E-state index in [-0.39, 0.29) is 5.97 Å². The molecule has 4 nitrogen and oxygen atoms in total. The van der Waals surface area contributed by atoms with E-state index in [0.29, 0.717) is 11.4 Å². The minimum absolute atomic E-state index is 0.261. The summed E-state index contributed by atoms with van der Waals surface area (Å²) in [6, 6.07) is 3.56. The van der Waals surface area contributed by atoms with Gasteiger partial charge in [-0.1, -0.05) is 0 Å². The largest absolute Gasteiger partial charge is 0.422 e. The van der Waals surface area contributed by atoms with Gasteiger partial charge < -0.3 is 9.14 Å². The number of carbonyl (C=O) groups excluding carboxylic acids is 1. The summed E-state index contributed by atoms with van der Waals surface area (Å²) in [5.41, 5.74) is 0.138. The normalized spacial score (nSPS) is 11.7. The van der Waals surface area contributed by atoms with Gasteiger partial charge in [0.25, 0.3) is 0 Å². The Morgan fingerprint density at radius 1 is 1.38 bits per heavy atom. The van der Waals surface area contributed by atoms with Crippen LogP contribution in [0, 0.1) is 5.41 Å². The third kappa shape index (κ3) is 1.91. The molecule has 84 valence electrons. The van der Waals surface area contributed by atoms with Crippen LogP contribution in [0.5, 0.6) is 5.75 Å². The van der Waals surface area contributed by atoms with Crippen LogP contribution in [-0.2, 0) is 4.79 Å². The van der Waals surface area contributed by atoms with Gasteiger partial charge >= 0.3 is 5.97 Å². The third-order valence-corrected chi connectivity index (χ3v) is 2.20. The Morgan fingerprint density at radius 3 is 2.81 bits per heavy atom. The predicted octanol–water partition coefficient (Wildman–Crippen LogP) is 2.29. The summed E-state index contributed by atoms with van der Waals surface area (Å²) in [5.74, 6) is 0.232. The molecule has 2 rings (SSSR count). The number of nitrogens with zero attached hydrogens (tertiary/aromatic N) is 2. The number of ether oxygens (including phenoxy) is 1. The van der Waals surface area contributed by atoms with Crippen LogP contribution in [0.1, 0.15) is 20.8 Å². The first-order valence-corrected chi connectivity index (χ1v) is 5.12. The molecule has 2 heterocycles. The zero-order valence-corrected chi connectivity index (χ0v) is 9.60. The van der Waals surface area contributed by atoms with E-state index >= 15 is 0 Å². The second-order valence-electron chi connectivity index (χ2n) is 4.67. The summed E-state index contributed by atoms with van der Waals surface area (Å²) in [4.78, 5) is 15.9. The first-order valence-electron chi connectivity index (χ1n) is 5.12. The number of aromatic nitrogens is 2. The van der Waals surface area contributed by atoms with Crippen molar-refractivity contribution in [2.75, 3.05) is 0 Å². The molecule has 2 aromatic heterocycles. The highest BCUT2D eigenvalue weighted by atomic mass is 16.5. The molecule has 0 spiro atoms. The SMILES string of the molecule is CC(C)(C)C(=O)Oc1cccn2ccnc12. The van der Waals surface area contributed by atoms with Crippen LogP contribution in [0.25, 0.3) is 5.65 Å². The summed E-state index contributed by atoms with van der Waals surface area (Å²) in [5, 5.41) is 0. The van der Waals surface area contributed by atoms with E-state index in [9.17, 15) is 4.79 Å². The molecule has 0 atom stereocenters. The lowest BCUT2D eigenvalue weighted by molar-refractivity contribution is -0.142. The molecule has 0 unspecified atom stereocenters. The Morgan fingerprint density at radius 2 is 2.12 bits per heavy atom. The van der Waals surface area contributed by atoms with Gasteiger partial charge in [-0.15, -0.1) is 0 Å². The Balaban J connectivity index is 2.35. The van der Waals surface area contributed by atoms with Gasteiger partial charge in [-0.25, -0.2) is 4.98 Å². The Labute approximate surface area is 93.9 Å². The summed E-state index contributed by atoms with van der Waals surface area (Å²) in [6.07, 6.45) is 5.34. The molecule has 0 aliphatic carbocycles. The van der Waals surface area contributed by atoms with Crippen molar-refractivity contribution in [1.82, 2.24) is 9.38 Å². The van der Waals surface area contributed by atoms with Crippen molar-refractivity contribution in [2.24, 2.45) is 5.41 Å². The van der Waals surface area contributed by atoms with Crippen LogP contribution in [0.4, 0.5) is 0 Å². The van der Waals surface area contributed by atoms with Crippen LogP contribution in [0.3, 0.4) is 0 Å². The average Bonchev–Trinajstić information content (AvgIpc) is 2.65. The molecule has 0 aliphatic rings. The molecular formula is C12H14N2O2. The lowest BCUT2D eigenvalue weighted by atomic mass is 9.97. The maximum atomic E-state index is 11.7. The highest BCUT2D eigenvalue weighted by Gasteiger charge is 2.24. The Kier molecular flexibility index (Phi) is 2.42. The lowest BCUT2D eigenvalue weighted by Gasteiger charge is -2.16. The number of imidazole rings is 1. The number of fused-ring (bicyclic) bond motifs is 1. The molecule has 0 aromatic carbocycles. The first kappa shape index (κ1) is 10.7. The van der Waals surface area contributed by atoms with Crippen molar-refractivity contribution in [1.29, 1.82) is 0 Å². The summed E-state index contributed by atoms with van der Waals surface area (Å²) >= 11 is 0. The molecule has 0 radical (unpaired) electrons. The monoisotopic (exact) mass is 218 g/mol. The van der Waals surface area contributed by atoms with Gasteiger partial charge in [-0.3, -0.25) is 4.79 Å². The van der Waals surface area contributed by atoms with Crippen LogP contribution in [-0.4, -0.2) is 15.4 Å². The number of hydrogen-bond acceptors (Lipinski definition) is 3. The van der Waals surface area contributed by atoms with Crippen LogP contribution >= 0.6 is 0 Å². The molecule has 0 N–H and O–H groups in total. The van der Waals surface area contributed by atoms with E-state index in [1.54, 1.807) is 12.3 Å². The standard InChI is InChI=1S/C12H14N2O2/c1-12(2,3)11(15)16-9-5-4-7-14-8-6-13-10(9)14/h4-8H,1-3H3. The first-order chi connectivity index (χ1) is 7.48. The quantitative estimate of drug-likeness (QED) is 0.690. The lowest BCUT2D eigenvalue weighted by Crippen LogP contribution is -2.25. The smallest absolute Gasteiger partial charge is 0.316 e. The summed E-state index contributed by atoms with van der Waals surface area (Å²) < 4.78 is 7.14. The number of pyridine rings is 1. The molecule has 0 aliphatic heterocycles. The Bertz CT molecular complexity index is 523. The highest BCUT2D eigenvalue weighted by molar-refractivity contribution is 5.79. The van der Waals surface area contributed by atoms with Crippen LogP contribution in [0.15, 0.2) is 30.7 Å². The number of hydrogen-bond donors (Lipinski definition) is 0. The van der Waals surface area contributed by atoms with E-state index in [2.05, 4.69) is 4.98 Å². The van der Waals surface area contributed by atoms with E-state index in [0.717, 1.165) is 0 Å². The maximum absolute atomic E-state index is 11.7. The van der Waals surface area contributed by atoms with Gasteiger partial charge in [0.2, 0.25) is 0 Å². The second-order valence-corrected chi connectivity index (χ2v) is 4.67. The topological polar surface area (TPSA) is 43.6 Å². The van der Waals surface area contributed by atoms with Crippen molar-refractivity contribution in [3.05, 3.63) is 30.7 Å². The Hall–Kier alpha value is -1.84. The fraction of sp³-hybridized carbons (Fsp3) is 0.333. The van der Waals surface area contributed by atoms with Gasteiger partial charge in [-0.2, -0.15) is 0 Å². The molecule has 0 saturated carbocycles. The maximum Gasteiger partial charge on any atom is 0.316 e. The van der Waals surface area contributed by atoms with Crippen molar-refractivity contribution in [3.63, 3.8) is 0 Å². The average molecular weight is 218 g/mol. The molecule has 0 saturated heterocycles. The van der Waals surface area contributed by atoms with Crippen molar-refractivity contribution < 1.29 is 9.53 Å². The van der Waals surface area contributed by atoms with E-state index in [1.807, 2.05) is 43.6 Å². The number of esters is 1. The minimum atomic E-state index is -0.514. The molecule has 0 bridgehead atoms. The molecule has 16 heavy (non-hydrogen) atoms.